The number of rotatable bonds is 3. The van der Waals surface area contributed by atoms with Crippen molar-refractivity contribution in [1.82, 2.24) is 10.2 Å². The van der Waals surface area contributed by atoms with Crippen molar-refractivity contribution in [1.29, 1.82) is 0 Å². The highest BCUT2D eigenvalue weighted by atomic mass is 35.5. The second-order valence-corrected chi connectivity index (χ2v) is 10.8. The molecule has 0 saturated heterocycles. The van der Waals surface area contributed by atoms with E-state index in [9.17, 15) is 9.59 Å². The summed E-state index contributed by atoms with van der Waals surface area (Å²) >= 11 is 15.5. The van der Waals surface area contributed by atoms with Gasteiger partial charge in [0.05, 0.1) is 10.0 Å². The number of hydrogen-bond acceptors (Lipinski definition) is 6. The van der Waals surface area contributed by atoms with Gasteiger partial charge in [-0.2, -0.15) is 0 Å². The first-order valence-corrected chi connectivity index (χ1v) is 11.9. The molecule has 0 unspecified atom stereocenters. The van der Waals surface area contributed by atoms with Crippen LogP contribution in [0.2, 0.25) is 10.0 Å². The summed E-state index contributed by atoms with van der Waals surface area (Å²) in [6, 6.07) is 5.35. The minimum Gasteiger partial charge on any atom is -0.294 e. The van der Waals surface area contributed by atoms with Gasteiger partial charge in [-0.15, -0.1) is 10.2 Å². The summed E-state index contributed by atoms with van der Waals surface area (Å²) in [5.41, 5.74) is 1.83. The first kappa shape index (κ1) is 20.8. The molecule has 2 heterocycles. The Morgan fingerprint density at radius 1 is 1.21 bits per heavy atom. The van der Waals surface area contributed by atoms with E-state index in [0.29, 0.717) is 39.3 Å². The van der Waals surface area contributed by atoms with Crippen molar-refractivity contribution in [3.8, 4) is 0 Å². The molecule has 0 bridgehead atoms. The zero-order chi connectivity index (χ0) is 20.9. The topological polar surface area (TPSA) is 63.2 Å². The van der Waals surface area contributed by atoms with E-state index < -0.39 is 5.92 Å². The molecule has 0 N–H and O–H groups in total. The lowest BCUT2D eigenvalue weighted by atomic mass is 9.69. The molecule has 152 valence electrons. The second kappa shape index (κ2) is 7.69. The van der Waals surface area contributed by atoms with Gasteiger partial charge in [0.15, 0.2) is 10.1 Å². The monoisotopic (exact) mass is 467 g/mol. The summed E-state index contributed by atoms with van der Waals surface area (Å²) in [7, 11) is 0. The van der Waals surface area contributed by atoms with Gasteiger partial charge in [-0.05, 0) is 29.7 Å². The Hall–Kier alpha value is -1.41. The highest BCUT2D eigenvalue weighted by Crippen LogP contribution is 2.50. The average Bonchev–Trinajstić information content (AvgIpc) is 3.10. The number of carbonyl (C=O) groups is 2. The summed E-state index contributed by atoms with van der Waals surface area (Å²) in [6.45, 7) is 4.08. The van der Waals surface area contributed by atoms with Crippen molar-refractivity contribution < 1.29 is 9.59 Å². The fourth-order valence-corrected chi connectivity index (χ4v) is 5.81. The minimum atomic E-state index is -0.406. The highest BCUT2D eigenvalue weighted by molar-refractivity contribution is 8.00. The SMILES string of the molecule is CSc1nnc(N2C(=O)C[C@@H](c3cccc(Cl)c3Cl)C3=C2CC(C)(C)CC3=O)s1. The van der Waals surface area contributed by atoms with Crippen LogP contribution in [-0.4, -0.2) is 28.1 Å². The Bertz CT molecular complexity index is 1050. The maximum atomic E-state index is 13.3. The van der Waals surface area contributed by atoms with Crippen LogP contribution in [0.25, 0.3) is 0 Å². The highest BCUT2D eigenvalue weighted by Gasteiger charge is 2.45. The van der Waals surface area contributed by atoms with Gasteiger partial charge in [-0.1, -0.05) is 72.3 Å². The molecule has 1 aliphatic heterocycles. The molecule has 2 aromatic rings. The summed E-state index contributed by atoms with van der Waals surface area (Å²) < 4.78 is 0.774. The molecule has 5 nitrogen and oxygen atoms in total. The Morgan fingerprint density at radius 3 is 2.66 bits per heavy atom. The van der Waals surface area contributed by atoms with Crippen molar-refractivity contribution in [3.05, 3.63) is 45.1 Å². The third-order valence-electron chi connectivity index (χ3n) is 5.26. The largest absolute Gasteiger partial charge is 0.294 e. The van der Waals surface area contributed by atoms with E-state index in [1.54, 1.807) is 17.0 Å². The molecule has 4 rings (SSSR count). The van der Waals surface area contributed by atoms with Gasteiger partial charge in [-0.25, -0.2) is 0 Å². The molecule has 0 fully saturated rings. The number of nitrogens with zero attached hydrogens (tertiary/aromatic N) is 3. The lowest BCUT2D eigenvalue weighted by Crippen LogP contribution is -2.43. The number of amides is 1. The normalized spacial score (nSPS) is 21.6. The predicted octanol–water partition coefficient (Wildman–Crippen LogP) is 5.73. The van der Waals surface area contributed by atoms with E-state index in [1.165, 1.54) is 23.1 Å². The molecule has 0 spiro atoms. The van der Waals surface area contributed by atoms with Gasteiger partial charge in [0.1, 0.15) is 0 Å². The first-order chi connectivity index (χ1) is 13.7. The van der Waals surface area contributed by atoms with Gasteiger partial charge in [0.2, 0.25) is 11.0 Å². The van der Waals surface area contributed by atoms with Crippen LogP contribution in [-0.2, 0) is 9.59 Å². The maximum absolute atomic E-state index is 13.3. The lowest BCUT2D eigenvalue weighted by Gasteiger charge is -2.42. The quantitative estimate of drug-likeness (QED) is 0.425. The van der Waals surface area contributed by atoms with Gasteiger partial charge < -0.3 is 0 Å². The van der Waals surface area contributed by atoms with E-state index in [4.69, 9.17) is 23.2 Å². The standard InChI is InChI=1S/C20H19Cl2N3O2S2/c1-20(2)8-13-16(14(26)9-20)11(10-5-4-6-12(21)17(10)22)7-15(27)25(13)18-23-24-19(28-3)29-18/h4-6,11H,7-9H2,1-3H3/t11-/m0/s1. The number of ketones is 1. The molecule has 1 atom stereocenters. The second-order valence-electron chi connectivity index (χ2n) is 7.98. The summed E-state index contributed by atoms with van der Waals surface area (Å²) in [6.07, 6.45) is 3.08. The van der Waals surface area contributed by atoms with Crippen molar-refractivity contribution in [2.45, 2.75) is 43.4 Å². The smallest absolute Gasteiger partial charge is 0.234 e. The maximum Gasteiger partial charge on any atom is 0.234 e. The summed E-state index contributed by atoms with van der Waals surface area (Å²) in [4.78, 5) is 28.1. The Kier molecular flexibility index (Phi) is 5.53. The summed E-state index contributed by atoms with van der Waals surface area (Å²) in [5.74, 6) is -0.472. The fraction of sp³-hybridized carbons (Fsp3) is 0.400. The molecule has 0 saturated carbocycles. The number of anilines is 1. The average molecular weight is 468 g/mol. The van der Waals surface area contributed by atoms with Gasteiger partial charge in [-0.3, -0.25) is 14.5 Å². The zero-order valence-electron chi connectivity index (χ0n) is 16.2. The molecule has 0 radical (unpaired) electrons. The molecule has 1 aromatic carbocycles. The number of halogens is 2. The molecule has 29 heavy (non-hydrogen) atoms. The van der Waals surface area contributed by atoms with Crippen LogP contribution >= 0.6 is 46.3 Å². The third-order valence-corrected chi connectivity index (χ3v) is 7.98. The molecule has 1 amide bonds. The minimum absolute atomic E-state index is 0.0457. The number of hydrogen-bond donors (Lipinski definition) is 0. The number of carbonyl (C=O) groups excluding carboxylic acids is 2. The van der Waals surface area contributed by atoms with Gasteiger partial charge >= 0.3 is 0 Å². The van der Waals surface area contributed by atoms with Crippen molar-refractivity contribution >= 4 is 63.1 Å². The first-order valence-electron chi connectivity index (χ1n) is 9.12. The molecule has 2 aliphatic rings. The van der Waals surface area contributed by atoms with Gasteiger partial charge in [0.25, 0.3) is 0 Å². The van der Waals surface area contributed by atoms with Crippen LogP contribution in [0.5, 0.6) is 0 Å². The van der Waals surface area contributed by atoms with Gasteiger partial charge in [0, 0.05) is 30.0 Å². The van der Waals surface area contributed by atoms with Crippen molar-refractivity contribution in [2.75, 3.05) is 11.2 Å². The van der Waals surface area contributed by atoms with E-state index >= 15 is 0 Å². The van der Waals surface area contributed by atoms with E-state index in [2.05, 4.69) is 10.2 Å². The molecular weight excluding hydrogens is 449 g/mol. The molecule has 1 aliphatic carbocycles. The van der Waals surface area contributed by atoms with Crippen LogP contribution in [0.3, 0.4) is 0 Å². The van der Waals surface area contributed by atoms with E-state index in [0.717, 1.165) is 9.90 Å². The fourth-order valence-electron chi connectivity index (χ4n) is 4.07. The number of aromatic nitrogens is 2. The lowest BCUT2D eigenvalue weighted by molar-refractivity contribution is -0.121. The molecular formula is C20H19Cl2N3O2S2. The third kappa shape index (κ3) is 3.74. The Morgan fingerprint density at radius 2 is 1.97 bits per heavy atom. The Balaban J connectivity index is 1.91. The number of thioether (sulfide) groups is 1. The number of allylic oxidation sites excluding steroid dienone is 2. The van der Waals surface area contributed by atoms with E-state index in [-0.39, 0.29) is 23.5 Å². The van der Waals surface area contributed by atoms with Crippen molar-refractivity contribution in [2.24, 2.45) is 5.41 Å². The van der Waals surface area contributed by atoms with Crippen LogP contribution in [0, 0.1) is 5.41 Å². The number of benzene rings is 1. The van der Waals surface area contributed by atoms with Crippen LogP contribution in [0.15, 0.2) is 33.8 Å². The Labute approximate surface area is 187 Å². The van der Waals surface area contributed by atoms with Crippen molar-refractivity contribution in [3.63, 3.8) is 0 Å². The molecule has 1 aromatic heterocycles. The van der Waals surface area contributed by atoms with E-state index in [1.807, 2.05) is 26.2 Å². The zero-order valence-corrected chi connectivity index (χ0v) is 19.3. The van der Waals surface area contributed by atoms with Crippen LogP contribution in [0.1, 0.15) is 44.6 Å². The van der Waals surface area contributed by atoms with Crippen LogP contribution < -0.4 is 4.90 Å². The predicted molar refractivity (Wildman–Crippen MR) is 118 cm³/mol. The summed E-state index contributed by atoms with van der Waals surface area (Å²) in [5, 5.41) is 9.66. The van der Waals surface area contributed by atoms with Crippen LogP contribution in [0.4, 0.5) is 5.13 Å². The molecule has 9 heteroatoms. The number of Topliss-reactive ketones (excluding diaryl/α,β-unsaturated/α-hetero) is 1.